The summed E-state index contributed by atoms with van der Waals surface area (Å²) in [7, 11) is -1.11. The first-order valence-corrected chi connectivity index (χ1v) is 13.0. The Morgan fingerprint density at radius 3 is 2.67 bits per heavy atom. The molecular weight excluding hydrogens is 356 g/mol. The van der Waals surface area contributed by atoms with E-state index in [2.05, 4.69) is 46.8 Å². The van der Waals surface area contributed by atoms with Gasteiger partial charge in [-0.3, -0.25) is 0 Å². The van der Waals surface area contributed by atoms with Gasteiger partial charge >= 0.3 is 0 Å². The lowest BCUT2D eigenvalue weighted by Gasteiger charge is -2.15. The van der Waals surface area contributed by atoms with Crippen LogP contribution in [0.3, 0.4) is 0 Å². The fourth-order valence-electron chi connectivity index (χ4n) is 2.91. The van der Waals surface area contributed by atoms with Crippen molar-refractivity contribution in [2.24, 2.45) is 0 Å². The van der Waals surface area contributed by atoms with Gasteiger partial charge < -0.3 is 20.4 Å². The fraction of sp³-hybridized carbons (Fsp3) is 0.421. The van der Waals surface area contributed by atoms with Crippen molar-refractivity contribution in [2.75, 3.05) is 24.2 Å². The van der Waals surface area contributed by atoms with Gasteiger partial charge in [0.2, 0.25) is 5.95 Å². The molecular formula is C19H28N6OSi. The van der Waals surface area contributed by atoms with E-state index < -0.39 is 8.07 Å². The Labute approximate surface area is 161 Å². The van der Waals surface area contributed by atoms with Gasteiger partial charge in [0.05, 0.1) is 11.1 Å². The van der Waals surface area contributed by atoms with Crippen LogP contribution in [0, 0.1) is 0 Å². The van der Waals surface area contributed by atoms with Crippen molar-refractivity contribution in [3.8, 4) is 11.3 Å². The lowest BCUT2D eigenvalue weighted by atomic mass is 10.1. The first-order chi connectivity index (χ1) is 12.9. The second-order valence-corrected chi connectivity index (χ2v) is 13.4. The molecule has 3 heterocycles. The number of aromatic nitrogens is 4. The zero-order valence-corrected chi connectivity index (χ0v) is 17.5. The molecule has 3 aromatic rings. The Morgan fingerprint density at radius 2 is 1.96 bits per heavy atom. The normalized spacial score (nSPS) is 11.9. The summed E-state index contributed by atoms with van der Waals surface area (Å²) in [6.45, 7) is 11.2. The number of nitrogens with zero attached hydrogens (tertiary/aromatic N) is 4. The predicted octanol–water partition coefficient (Wildman–Crippen LogP) is 3.82. The van der Waals surface area contributed by atoms with Gasteiger partial charge in [-0.1, -0.05) is 19.6 Å². The standard InChI is InChI=1S/C19H28N6OSi/c1-5-21-16-7-8-22-18-17(16)14(15-6-9-23-19(20)24-15)12-25(18)13-26-10-11-27(2,3)4/h6-9,12H,5,10-11,13H2,1-4H3,(H,21,22)(H2,20,23,24). The van der Waals surface area contributed by atoms with E-state index in [0.717, 1.165) is 47.2 Å². The van der Waals surface area contributed by atoms with Crippen LogP contribution in [0.25, 0.3) is 22.3 Å². The van der Waals surface area contributed by atoms with E-state index in [-0.39, 0.29) is 5.95 Å². The Morgan fingerprint density at radius 1 is 1.19 bits per heavy atom. The van der Waals surface area contributed by atoms with Gasteiger partial charge in [-0.15, -0.1) is 0 Å². The van der Waals surface area contributed by atoms with Crippen molar-refractivity contribution in [3.63, 3.8) is 0 Å². The van der Waals surface area contributed by atoms with Crippen molar-refractivity contribution in [1.82, 2.24) is 19.5 Å². The second kappa shape index (κ2) is 8.06. The molecule has 0 aliphatic rings. The first kappa shape index (κ1) is 19.3. The molecule has 3 N–H and O–H groups in total. The van der Waals surface area contributed by atoms with E-state index in [9.17, 15) is 0 Å². The third kappa shape index (κ3) is 4.64. The van der Waals surface area contributed by atoms with Gasteiger partial charge in [0.15, 0.2) is 0 Å². The molecule has 0 spiro atoms. The zero-order valence-electron chi connectivity index (χ0n) is 16.5. The van der Waals surface area contributed by atoms with Crippen LogP contribution in [-0.4, -0.2) is 40.7 Å². The van der Waals surface area contributed by atoms with Crippen LogP contribution in [0.1, 0.15) is 6.92 Å². The van der Waals surface area contributed by atoms with Crippen LogP contribution < -0.4 is 11.1 Å². The maximum absolute atomic E-state index is 5.96. The van der Waals surface area contributed by atoms with E-state index >= 15 is 0 Å². The lowest BCUT2D eigenvalue weighted by Crippen LogP contribution is -2.22. The minimum absolute atomic E-state index is 0.258. The molecule has 0 atom stereocenters. The van der Waals surface area contributed by atoms with Crippen LogP contribution in [0.15, 0.2) is 30.7 Å². The van der Waals surface area contributed by atoms with E-state index in [1.807, 2.05) is 29.1 Å². The summed E-state index contributed by atoms with van der Waals surface area (Å²) < 4.78 is 7.99. The minimum Gasteiger partial charge on any atom is -0.385 e. The second-order valence-electron chi connectivity index (χ2n) is 7.75. The van der Waals surface area contributed by atoms with E-state index in [1.54, 1.807) is 6.20 Å². The van der Waals surface area contributed by atoms with Crippen molar-refractivity contribution >= 4 is 30.7 Å². The van der Waals surface area contributed by atoms with E-state index in [1.165, 1.54) is 0 Å². The Bertz CT molecular complexity index is 918. The predicted molar refractivity (Wildman–Crippen MR) is 113 cm³/mol. The van der Waals surface area contributed by atoms with Crippen LogP contribution in [0.2, 0.25) is 25.7 Å². The summed E-state index contributed by atoms with van der Waals surface area (Å²) in [4.78, 5) is 13.0. The smallest absolute Gasteiger partial charge is 0.220 e. The average molecular weight is 385 g/mol. The van der Waals surface area contributed by atoms with Crippen LogP contribution >= 0.6 is 0 Å². The summed E-state index contributed by atoms with van der Waals surface area (Å²) >= 11 is 0. The van der Waals surface area contributed by atoms with Crippen LogP contribution in [0.5, 0.6) is 0 Å². The van der Waals surface area contributed by atoms with Gasteiger partial charge in [0.1, 0.15) is 12.4 Å². The summed E-state index contributed by atoms with van der Waals surface area (Å²) in [6, 6.07) is 4.98. The summed E-state index contributed by atoms with van der Waals surface area (Å²) in [5.41, 5.74) is 9.44. The third-order valence-electron chi connectivity index (χ3n) is 4.30. The molecule has 0 bridgehead atoms. The number of nitrogens with one attached hydrogen (secondary N) is 1. The maximum Gasteiger partial charge on any atom is 0.220 e. The molecule has 0 saturated carbocycles. The number of nitrogens with two attached hydrogens (primary N) is 1. The molecule has 0 saturated heterocycles. The first-order valence-electron chi connectivity index (χ1n) is 9.27. The van der Waals surface area contributed by atoms with Crippen LogP contribution in [0.4, 0.5) is 11.6 Å². The fourth-order valence-corrected chi connectivity index (χ4v) is 3.67. The monoisotopic (exact) mass is 384 g/mol. The number of nitrogen functional groups attached to an aromatic ring is 1. The Kier molecular flexibility index (Phi) is 5.76. The van der Waals surface area contributed by atoms with Gasteiger partial charge in [-0.05, 0) is 25.1 Å². The van der Waals surface area contributed by atoms with Crippen LogP contribution in [-0.2, 0) is 11.5 Å². The highest BCUT2D eigenvalue weighted by Crippen LogP contribution is 2.34. The number of hydrogen-bond acceptors (Lipinski definition) is 6. The molecule has 3 aromatic heterocycles. The molecule has 0 unspecified atom stereocenters. The number of ether oxygens (including phenoxy) is 1. The summed E-state index contributed by atoms with van der Waals surface area (Å²) in [5, 5.41) is 4.43. The van der Waals surface area contributed by atoms with E-state index in [4.69, 9.17) is 10.5 Å². The topological polar surface area (TPSA) is 90.9 Å². The highest BCUT2D eigenvalue weighted by molar-refractivity contribution is 6.76. The highest BCUT2D eigenvalue weighted by atomic mass is 28.3. The molecule has 7 nitrogen and oxygen atoms in total. The van der Waals surface area contributed by atoms with Crippen molar-refractivity contribution in [2.45, 2.75) is 39.3 Å². The molecule has 8 heteroatoms. The van der Waals surface area contributed by atoms with E-state index in [0.29, 0.717) is 6.73 Å². The SMILES string of the molecule is CCNc1ccnc2c1c(-c1ccnc(N)n1)cn2COCC[Si](C)(C)C. The molecule has 0 aliphatic carbocycles. The van der Waals surface area contributed by atoms with Gasteiger partial charge in [0, 0.05) is 51.1 Å². The van der Waals surface area contributed by atoms with Gasteiger partial charge in [-0.25, -0.2) is 15.0 Å². The summed E-state index contributed by atoms with van der Waals surface area (Å²) in [5.74, 6) is 0.258. The molecule has 0 amide bonds. The average Bonchev–Trinajstić information content (AvgIpc) is 2.98. The maximum atomic E-state index is 5.96. The molecule has 27 heavy (non-hydrogen) atoms. The number of hydrogen-bond donors (Lipinski definition) is 2. The molecule has 0 fully saturated rings. The number of fused-ring (bicyclic) bond motifs is 1. The van der Waals surface area contributed by atoms with Crippen molar-refractivity contribution in [3.05, 3.63) is 30.7 Å². The molecule has 0 aliphatic heterocycles. The molecule has 0 radical (unpaired) electrons. The molecule has 144 valence electrons. The zero-order chi connectivity index (χ0) is 19.4. The molecule has 0 aromatic carbocycles. The lowest BCUT2D eigenvalue weighted by molar-refractivity contribution is 0.0899. The van der Waals surface area contributed by atoms with Gasteiger partial charge in [-0.2, -0.15) is 0 Å². The van der Waals surface area contributed by atoms with Crippen molar-refractivity contribution < 1.29 is 4.74 Å². The largest absolute Gasteiger partial charge is 0.385 e. The number of anilines is 2. The van der Waals surface area contributed by atoms with Crippen molar-refractivity contribution in [1.29, 1.82) is 0 Å². The van der Waals surface area contributed by atoms with Gasteiger partial charge in [0.25, 0.3) is 0 Å². The number of pyridine rings is 1. The summed E-state index contributed by atoms with van der Waals surface area (Å²) in [6.07, 6.45) is 5.53. The minimum atomic E-state index is -1.11. The Hall–Kier alpha value is -2.45. The third-order valence-corrected chi connectivity index (χ3v) is 6.01. The molecule has 3 rings (SSSR count). The highest BCUT2D eigenvalue weighted by Gasteiger charge is 2.17. The Balaban J connectivity index is 1.98. The quantitative estimate of drug-likeness (QED) is 0.453. The number of rotatable bonds is 8.